The average Bonchev–Trinajstić information content (AvgIpc) is 2.54. The SMILES string of the molecule is O=[N+]([O-])c1ccc(Nc2ccc(Cl)c(Cl)c2Cl)c([N+](=O)[O-])c1[N+](=O)[O-]. The first-order valence-corrected chi connectivity index (χ1v) is 7.29. The number of nitrogens with zero attached hydrogens (tertiary/aromatic N) is 3. The number of nitro benzene ring substituents is 3. The lowest BCUT2D eigenvalue weighted by atomic mass is 10.2. The van der Waals surface area contributed by atoms with Crippen LogP contribution < -0.4 is 5.32 Å². The second kappa shape index (κ2) is 7.05. The molecular weight excluding hydrogens is 403 g/mol. The van der Waals surface area contributed by atoms with Crippen LogP contribution in [-0.4, -0.2) is 14.8 Å². The van der Waals surface area contributed by atoms with Crippen molar-refractivity contribution < 1.29 is 14.8 Å². The van der Waals surface area contributed by atoms with E-state index in [0.717, 1.165) is 12.1 Å². The molecule has 0 saturated heterocycles. The van der Waals surface area contributed by atoms with Crippen LogP contribution in [-0.2, 0) is 0 Å². The smallest absolute Gasteiger partial charge is 0.348 e. The van der Waals surface area contributed by atoms with Gasteiger partial charge in [-0.05, 0) is 18.2 Å². The molecule has 10 nitrogen and oxygen atoms in total. The lowest BCUT2D eigenvalue weighted by Gasteiger charge is -2.10. The van der Waals surface area contributed by atoms with Gasteiger partial charge >= 0.3 is 17.1 Å². The monoisotopic (exact) mass is 406 g/mol. The molecule has 0 bridgehead atoms. The summed E-state index contributed by atoms with van der Waals surface area (Å²) < 4.78 is 0. The van der Waals surface area contributed by atoms with Gasteiger partial charge < -0.3 is 5.32 Å². The van der Waals surface area contributed by atoms with Gasteiger partial charge in [-0.1, -0.05) is 34.8 Å². The zero-order valence-corrected chi connectivity index (χ0v) is 14.0. The molecule has 2 aromatic rings. The minimum Gasteiger partial charge on any atom is -0.348 e. The fraction of sp³-hybridized carbons (Fsp3) is 0. The average molecular weight is 408 g/mol. The van der Waals surface area contributed by atoms with Gasteiger partial charge in [0.15, 0.2) is 0 Å². The first-order valence-electron chi connectivity index (χ1n) is 6.15. The molecule has 0 aliphatic heterocycles. The molecule has 2 rings (SSSR count). The standard InChI is InChI=1S/C12H5Cl3N4O6/c13-5-1-2-6(10(15)9(5)14)16-7-3-4-8(17(20)21)12(19(24)25)11(7)18(22)23/h1-4,16H. The molecule has 0 aromatic heterocycles. The summed E-state index contributed by atoms with van der Waals surface area (Å²) in [4.78, 5) is 29.9. The Morgan fingerprint density at radius 2 is 1.28 bits per heavy atom. The largest absolute Gasteiger partial charge is 0.424 e. The predicted octanol–water partition coefficient (Wildman–Crippen LogP) is 5.12. The van der Waals surface area contributed by atoms with Crippen molar-refractivity contribution in [3.8, 4) is 0 Å². The number of nitrogens with one attached hydrogen (secondary N) is 1. The number of anilines is 2. The highest BCUT2D eigenvalue weighted by Gasteiger charge is 2.39. The number of hydrogen-bond donors (Lipinski definition) is 1. The van der Waals surface area contributed by atoms with Crippen LogP contribution in [0.15, 0.2) is 24.3 Å². The van der Waals surface area contributed by atoms with E-state index in [2.05, 4.69) is 5.32 Å². The zero-order valence-electron chi connectivity index (χ0n) is 11.7. The summed E-state index contributed by atoms with van der Waals surface area (Å²) in [6, 6.07) is 4.43. The van der Waals surface area contributed by atoms with Gasteiger partial charge in [0.25, 0.3) is 0 Å². The van der Waals surface area contributed by atoms with E-state index in [0.29, 0.717) is 0 Å². The maximum absolute atomic E-state index is 11.3. The van der Waals surface area contributed by atoms with E-state index in [1.54, 1.807) is 0 Å². The van der Waals surface area contributed by atoms with E-state index >= 15 is 0 Å². The van der Waals surface area contributed by atoms with Gasteiger partial charge in [0.2, 0.25) is 0 Å². The molecule has 0 saturated carbocycles. The molecule has 0 fully saturated rings. The Labute approximate surface area is 153 Å². The van der Waals surface area contributed by atoms with Crippen molar-refractivity contribution in [2.24, 2.45) is 0 Å². The molecule has 0 aliphatic rings. The number of halogens is 3. The molecule has 0 unspecified atom stereocenters. The van der Waals surface area contributed by atoms with E-state index in [1.807, 2.05) is 0 Å². The molecule has 0 amide bonds. The van der Waals surface area contributed by atoms with Crippen LogP contribution >= 0.6 is 34.8 Å². The molecule has 0 aliphatic carbocycles. The fourth-order valence-electron chi connectivity index (χ4n) is 1.95. The lowest BCUT2D eigenvalue weighted by Crippen LogP contribution is -2.05. The van der Waals surface area contributed by atoms with Gasteiger partial charge in [-0.15, -0.1) is 0 Å². The van der Waals surface area contributed by atoms with Crippen molar-refractivity contribution >= 4 is 63.2 Å². The molecule has 13 heteroatoms. The van der Waals surface area contributed by atoms with Crippen LogP contribution in [0.3, 0.4) is 0 Å². The quantitative estimate of drug-likeness (QED) is 0.412. The highest BCUT2D eigenvalue weighted by Crippen LogP contribution is 2.44. The molecule has 0 heterocycles. The summed E-state index contributed by atoms with van der Waals surface area (Å²) in [5.41, 5.74) is -3.65. The molecule has 1 N–H and O–H groups in total. The van der Waals surface area contributed by atoms with E-state index in [-0.39, 0.29) is 26.4 Å². The van der Waals surface area contributed by atoms with Gasteiger partial charge in [-0.2, -0.15) is 0 Å². The van der Waals surface area contributed by atoms with Gasteiger partial charge in [0.1, 0.15) is 5.69 Å². The fourth-order valence-corrected chi connectivity index (χ4v) is 2.53. The lowest BCUT2D eigenvalue weighted by molar-refractivity contribution is -0.440. The minimum atomic E-state index is -1.25. The van der Waals surface area contributed by atoms with Gasteiger partial charge in [0, 0.05) is 6.07 Å². The summed E-state index contributed by atoms with van der Waals surface area (Å²) in [7, 11) is 0. The maximum atomic E-state index is 11.3. The van der Waals surface area contributed by atoms with Crippen molar-refractivity contribution in [1.82, 2.24) is 0 Å². The Kier molecular flexibility index (Phi) is 5.26. The number of benzene rings is 2. The number of hydrogen-bond acceptors (Lipinski definition) is 7. The van der Waals surface area contributed by atoms with Crippen LogP contribution in [0.2, 0.25) is 15.1 Å². The summed E-state index contributed by atoms with van der Waals surface area (Å²) in [6.45, 7) is 0. The topological polar surface area (TPSA) is 141 Å². The maximum Gasteiger partial charge on any atom is 0.424 e. The van der Waals surface area contributed by atoms with Crippen molar-refractivity contribution in [2.75, 3.05) is 5.32 Å². The predicted molar refractivity (Wildman–Crippen MR) is 91.2 cm³/mol. The second-order valence-electron chi connectivity index (χ2n) is 4.45. The zero-order chi connectivity index (χ0) is 18.9. The van der Waals surface area contributed by atoms with E-state index in [1.165, 1.54) is 12.1 Å². The van der Waals surface area contributed by atoms with Gasteiger partial charge in [0.05, 0.1) is 35.5 Å². The van der Waals surface area contributed by atoms with Crippen molar-refractivity contribution in [1.29, 1.82) is 0 Å². The highest BCUT2D eigenvalue weighted by atomic mass is 35.5. The second-order valence-corrected chi connectivity index (χ2v) is 5.61. The Hall–Kier alpha value is -2.69. The first-order chi connectivity index (χ1) is 11.6. The highest BCUT2D eigenvalue weighted by molar-refractivity contribution is 6.49. The molecule has 130 valence electrons. The van der Waals surface area contributed by atoms with E-state index in [4.69, 9.17) is 34.8 Å². The van der Waals surface area contributed by atoms with E-state index in [9.17, 15) is 30.3 Å². The first kappa shape index (κ1) is 18.6. The molecule has 25 heavy (non-hydrogen) atoms. The Balaban J connectivity index is 2.69. The van der Waals surface area contributed by atoms with Crippen LogP contribution in [0, 0.1) is 30.3 Å². The molecule has 0 radical (unpaired) electrons. The van der Waals surface area contributed by atoms with E-state index < -0.39 is 31.8 Å². The van der Waals surface area contributed by atoms with Crippen LogP contribution in [0.25, 0.3) is 0 Å². The summed E-state index contributed by atoms with van der Waals surface area (Å²) >= 11 is 17.6. The van der Waals surface area contributed by atoms with Crippen LogP contribution in [0.4, 0.5) is 28.4 Å². The number of rotatable bonds is 5. The molecule has 0 spiro atoms. The molecule has 2 aromatic carbocycles. The third kappa shape index (κ3) is 3.55. The molecule has 0 atom stereocenters. The third-order valence-electron chi connectivity index (χ3n) is 3.00. The van der Waals surface area contributed by atoms with Gasteiger partial charge in [-0.3, -0.25) is 30.3 Å². The van der Waals surface area contributed by atoms with Crippen molar-refractivity contribution in [2.45, 2.75) is 0 Å². The third-order valence-corrected chi connectivity index (χ3v) is 4.29. The Morgan fingerprint density at radius 1 is 0.720 bits per heavy atom. The van der Waals surface area contributed by atoms with Crippen molar-refractivity contribution in [3.05, 3.63) is 69.7 Å². The van der Waals surface area contributed by atoms with Crippen LogP contribution in [0.5, 0.6) is 0 Å². The molecular formula is C12H5Cl3N4O6. The summed E-state index contributed by atoms with van der Waals surface area (Å²) in [6.07, 6.45) is 0. The summed E-state index contributed by atoms with van der Waals surface area (Å²) in [5.74, 6) is 0. The summed E-state index contributed by atoms with van der Waals surface area (Å²) in [5, 5.41) is 35.8. The van der Waals surface area contributed by atoms with Crippen molar-refractivity contribution in [3.63, 3.8) is 0 Å². The Bertz CT molecular complexity index is 920. The normalized spacial score (nSPS) is 10.4. The number of nitro groups is 3. The van der Waals surface area contributed by atoms with Gasteiger partial charge in [-0.25, -0.2) is 0 Å². The van der Waals surface area contributed by atoms with Crippen LogP contribution in [0.1, 0.15) is 0 Å². The minimum absolute atomic E-state index is 0.0348. The Morgan fingerprint density at radius 3 is 1.80 bits per heavy atom.